The van der Waals surface area contributed by atoms with Gasteiger partial charge in [-0.3, -0.25) is 0 Å². The fourth-order valence-electron chi connectivity index (χ4n) is 1.22. The highest BCUT2D eigenvalue weighted by Crippen LogP contribution is 2.24. The molecule has 0 aromatic rings. The summed E-state index contributed by atoms with van der Waals surface area (Å²) in [6, 6.07) is 0. The first-order valence-electron chi connectivity index (χ1n) is 3.99. The largest absolute Gasteiger partial charge is 0.372 e. The Kier molecular flexibility index (Phi) is 3.22. The van der Waals surface area contributed by atoms with E-state index in [1.807, 2.05) is 0 Å². The first-order chi connectivity index (χ1) is 5.81. The molecule has 1 unspecified atom stereocenters. The Balaban J connectivity index is 2.67. The SMILES string of the molecule is CC1(C)OCCOC1CS(=O)(=O)Cl. The van der Waals surface area contributed by atoms with Crippen LogP contribution in [0.1, 0.15) is 13.8 Å². The summed E-state index contributed by atoms with van der Waals surface area (Å²) in [5.74, 6) is -0.207. The van der Waals surface area contributed by atoms with Gasteiger partial charge in [0.2, 0.25) is 9.05 Å². The average molecular weight is 229 g/mol. The molecular weight excluding hydrogens is 216 g/mol. The quantitative estimate of drug-likeness (QED) is 0.655. The second-order valence-electron chi connectivity index (χ2n) is 3.52. The van der Waals surface area contributed by atoms with Gasteiger partial charge in [-0.1, -0.05) is 0 Å². The monoisotopic (exact) mass is 228 g/mol. The van der Waals surface area contributed by atoms with Crippen LogP contribution < -0.4 is 0 Å². The lowest BCUT2D eigenvalue weighted by Crippen LogP contribution is -2.49. The standard InChI is InChI=1S/C7H13ClO4S/c1-7(2)6(5-13(8,9)10)11-3-4-12-7/h6H,3-5H2,1-2H3. The van der Waals surface area contributed by atoms with E-state index >= 15 is 0 Å². The van der Waals surface area contributed by atoms with Crippen LogP contribution in [0.5, 0.6) is 0 Å². The Hall–Kier alpha value is 0.160. The molecule has 6 heteroatoms. The first kappa shape index (κ1) is 11.2. The molecule has 1 fully saturated rings. The van der Waals surface area contributed by atoms with Gasteiger partial charge in [-0.25, -0.2) is 8.42 Å². The fraction of sp³-hybridized carbons (Fsp3) is 1.00. The van der Waals surface area contributed by atoms with Gasteiger partial charge in [0, 0.05) is 10.7 Å². The van der Waals surface area contributed by atoms with Crippen molar-refractivity contribution < 1.29 is 17.9 Å². The summed E-state index contributed by atoms with van der Waals surface area (Å²) < 4.78 is 32.3. The molecule has 1 aliphatic heterocycles. The summed E-state index contributed by atoms with van der Waals surface area (Å²) in [7, 11) is 1.60. The smallest absolute Gasteiger partial charge is 0.235 e. The lowest BCUT2D eigenvalue weighted by atomic mass is 10.0. The zero-order chi connectivity index (χ0) is 10.1. The van der Waals surface area contributed by atoms with Crippen molar-refractivity contribution in [1.29, 1.82) is 0 Å². The molecule has 4 nitrogen and oxygen atoms in total. The zero-order valence-corrected chi connectivity index (χ0v) is 9.19. The summed E-state index contributed by atoms with van der Waals surface area (Å²) >= 11 is 0. The van der Waals surface area contributed by atoms with E-state index in [2.05, 4.69) is 0 Å². The van der Waals surface area contributed by atoms with Crippen molar-refractivity contribution in [3.8, 4) is 0 Å². The molecule has 0 bridgehead atoms. The minimum absolute atomic E-state index is 0.207. The maximum absolute atomic E-state index is 10.8. The van der Waals surface area contributed by atoms with Gasteiger partial charge in [0.1, 0.15) is 6.10 Å². The lowest BCUT2D eigenvalue weighted by Gasteiger charge is -2.37. The van der Waals surface area contributed by atoms with Gasteiger partial charge in [0.25, 0.3) is 0 Å². The molecule has 0 aliphatic carbocycles. The molecule has 0 amide bonds. The highest BCUT2D eigenvalue weighted by atomic mass is 35.7. The number of hydrogen-bond acceptors (Lipinski definition) is 4. The van der Waals surface area contributed by atoms with E-state index in [1.54, 1.807) is 13.8 Å². The molecule has 1 saturated heterocycles. The predicted molar refractivity (Wildman–Crippen MR) is 49.4 cm³/mol. The van der Waals surface area contributed by atoms with Crippen LogP contribution in [0.2, 0.25) is 0 Å². The Bertz CT molecular complexity index is 272. The summed E-state index contributed by atoms with van der Waals surface area (Å²) in [5, 5.41) is 0. The lowest BCUT2D eigenvalue weighted by molar-refractivity contribution is -0.178. The van der Waals surface area contributed by atoms with E-state index in [0.717, 1.165) is 0 Å². The van der Waals surface area contributed by atoms with Crippen LogP contribution in [0.3, 0.4) is 0 Å². The Labute approximate surface area is 82.6 Å². The molecule has 1 heterocycles. The Morgan fingerprint density at radius 2 is 2.08 bits per heavy atom. The summed E-state index contributed by atoms with van der Waals surface area (Å²) in [6.45, 7) is 4.49. The molecule has 0 saturated carbocycles. The molecule has 0 spiro atoms. The number of halogens is 1. The Morgan fingerprint density at radius 3 is 2.54 bits per heavy atom. The minimum Gasteiger partial charge on any atom is -0.372 e. The van der Waals surface area contributed by atoms with E-state index in [1.165, 1.54) is 0 Å². The molecule has 13 heavy (non-hydrogen) atoms. The number of rotatable bonds is 2. The van der Waals surface area contributed by atoms with Crippen LogP contribution in [0.25, 0.3) is 0 Å². The molecule has 1 atom stereocenters. The zero-order valence-electron chi connectivity index (χ0n) is 7.62. The van der Waals surface area contributed by atoms with Gasteiger partial charge in [0.15, 0.2) is 0 Å². The van der Waals surface area contributed by atoms with Crippen LogP contribution >= 0.6 is 10.7 Å². The van der Waals surface area contributed by atoms with Crippen molar-refractivity contribution in [2.45, 2.75) is 25.6 Å². The van der Waals surface area contributed by atoms with Crippen molar-refractivity contribution in [1.82, 2.24) is 0 Å². The van der Waals surface area contributed by atoms with Crippen LogP contribution in [-0.2, 0) is 18.5 Å². The maximum Gasteiger partial charge on any atom is 0.235 e. The van der Waals surface area contributed by atoms with Gasteiger partial charge in [-0.2, -0.15) is 0 Å². The predicted octanol–water partition coefficient (Wildman–Crippen LogP) is 0.749. The summed E-state index contributed by atoms with van der Waals surface area (Å²) in [6.07, 6.45) is -0.483. The van der Waals surface area contributed by atoms with E-state index in [9.17, 15) is 8.42 Å². The topological polar surface area (TPSA) is 52.6 Å². The number of hydrogen-bond donors (Lipinski definition) is 0. The molecule has 1 rings (SSSR count). The molecular formula is C7H13ClO4S. The van der Waals surface area contributed by atoms with Gasteiger partial charge >= 0.3 is 0 Å². The van der Waals surface area contributed by atoms with E-state index in [0.29, 0.717) is 13.2 Å². The van der Waals surface area contributed by atoms with Crippen molar-refractivity contribution in [2.75, 3.05) is 19.0 Å². The molecule has 78 valence electrons. The Morgan fingerprint density at radius 1 is 1.46 bits per heavy atom. The molecule has 1 aliphatic rings. The van der Waals surface area contributed by atoms with Gasteiger partial charge in [-0.05, 0) is 13.8 Å². The van der Waals surface area contributed by atoms with Crippen LogP contribution in [-0.4, -0.2) is 39.1 Å². The van der Waals surface area contributed by atoms with E-state index < -0.39 is 20.8 Å². The molecule has 0 N–H and O–H groups in total. The van der Waals surface area contributed by atoms with Crippen molar-refractivity contribution in [3.05, 3.63) is 0 Å². The molecule has 0 radical (unpaired) electrons. The van der Waals surface area contributed by atoms with Crippen molar-refractivity contribution >= 4 is 19.7 Å². The molecule has 0 aromatic carbocycles. The van der Waals surface area contributed by atoms with E-state index in [-0.39, 0.29) is 5.75 Å². The normalized spacial score (nSPS) is 28.7. The summed E-state index contributed by atoms with van der Waals surface area (Å²) in [4.78, 5) is 0. The van der Waals surface area contributed by atoms with Gasteiger partial charge < -0.3 is 9.47 Å². The average Bonchev–Trinajstić information content (AvgIpc) is 1.91. The third-order valence-corrected chi connectivity index (χ3v) is 3.08. The van der Waals surface area contributed by atoms with Gasteiger partial charge in [0.05, 0.1) is 24.6 Å². The van der Waals surface area contributed by atoms with Crippen molar-refractivity contribution in [3.63, 3.8) is 0 Å². The second kappa shape index (κ2) is 3.73. The maximum atomic E-state index is 10.8. The van der Waals surface area contributed by atoms with E-state index in [4.69, 9.17) is 20.2 Å². The first-order valence-corrected chi connectivity index (χ1v) is 6.47. The van der Waals surface area contributed by atoms with Crippen molar-refractivity contribution in [2.24, 2.45) is 0 Å². The third kappa shape index (κ3) is 3.42. The highest BCUT2D eigenvalue weighted by molar-refractivity contribution is 8.13. The molecule has 0 aromatic heterocycles. The van der Waals surface area contributed by atoms with Crippen LogP contribution in [0.15, 0.2) is 0 Å². The van der Waals surface area contributed by atoms with Crippen LogP contribution in [0.4, 0.5) is 0 Å². The highest BCUT2D eigenvalue weighted by Gasteiger charge is 2.37. The fourth-order valence-corrected chi connectivity index (χ4v) is 2.42. The minimum atomic E-state index is -3.53. The van der Waals surface area contributed by atoms with Crippen LogP contribution in [0, 0.1) is 0 Å². The van der Waals surface area contributed by atoms with Gasteiger partial charge in [-0.15, -0.1) is 0 Å². The number of ether oxygens (including phenoxy) is 2. The third-order valence-electron chi connectivity index (χ3n) is 2.00. The summed E-state index contributed by atoms with van der Waals surface area (Å²) in [5.41, 5.74) is -0.583. The second-order valence-corrected chi connectivity index (χ2v) is 6.34.